The number of nitrogens with one attached hydrogen (secondary N) is 1. The first-order valence-electron chi connectivity index (χ1n) is 6.99. The molecule has 2 heterocycles. The Hall–Kier alpha value is -2.14. The number of hydrazine groups is 1. The van der Waals surface area contributed by atoms with E-state index >= 15 is 0 Å². The van der Waals surface area contributed by atoms with Gasteiger partial charge < -0.3 is 0 Å². The Morgan fingerprint density at radius 3 is 2.75 bits per heavy atom. The van der Waals surface area contributed by atoms with E-state index in [4.69, 9.17) is 0 Å². The SMILES string of the molecule is O=C(NN1CCCCC1)c1cccc(-n2cccn2)c1. The summed E-state index contributed by atoms with van der Waals surface area (Å²) in [5.74, 6) is -0.0547. The zero-order valence-electron chi connectivity index (χ0n) is 11.3. The van der Waals surface area contributed by atoms with Crippen molar-refractivity contribution in [2.75, 3.05) is 13.1 Å². The Morgan fingerprint density at radius 1 is 1.15 bits per heavy atom. The summed E-state index contributed by atoms with van der Waals surface area (Å²) in [6.07, 6.45) is 7.13. The first-order valence-corrected chi connectivity index (χ1v) is 6.99. The molecule has 104 valence electrons. The van der Waals surface area contributed by atoms with Crippen molar-refractivity contribution in [3.63, 3.8) is 0 Å². The molecule has 1 fully saturated rings. The van der Waals surface area contributed by atoms with Crippen LogP contribution in [0.1, 0.15) is 29.6 Å². The van der Waals surface area contributed by atoms with Gasteiger partial charge in [-0.25, -0.2) is 9.69 Å². The molecule has 0 spiro atoms. The van der Waals surface area contributed by atoms with Crippen LogP contribution in [-0.2, 0) is 0 Å². The second kappa shape index (κ2) is 5.88. The van der Waals surface area contributed by atoms with E-state index < -0.39 is 0 Å². The number of carbonyl (C=O) groups is 1. The quantitative estimate of drug-likeness (QED) is 0.928. The Balaban J connectivity index is 1.73. The standard InChI is InChI=1S/C15H18N4O/c20-15(17-18-9-2-1-3-10-18)13-6-4-7-14(12-13)19-11-5-8-16-19/h4-8,11-12H,1-3,9-10H2,(H,17,20). The van der Waals surface area contributed by atoms with Crippen molar-refractivity contribution in [3.05, 3.63) is 48.3 Å². The maximum Gasteiger partial charge on any atom is 0.265 e. The van der Waals surface area contributed by atoms with E-state index in [1.165, 1.54) is 6.42 Å². The van der Waals surface area contributed by atoms with Gasteiger partial charge in [0.1, 0.15) is 0 Å². The van der Waals surface area contributed by atoms with E-state index in [-0.39, 0.29) is 5.91 Å². The Kier molecular flexibility index (Phi) is 3.78. The number of hydrogen-bond donors (Lipinski definition) is 1. The molecule has 1 aliphatic heterocycles. The van der Waals surface area contributed by atoms with E-state index in [1.54, 1.807) is 10.9 Å². The third kappa shape index (κ3) is 2.88. The second-order valence-electron chi connectivity index (χ2n) is 4.99. The Labute approximate surface area is 118 Å². The minimum Gasteiger partial charge on any atom is -0.285 e. The van der Waals surface area contributed by atoms with Gasteiger partial charge in [-0.05, 0) is 37.1 Å². The first-order chi connectivity index (χ1) is 9.83. The van der Waals surface area contributed by atoms with E-state index in [9.17, 15) is 4.79 Å². The van der Waals surface area contributed by atoms with Gasteiger partial charge in [0.2, 0.25) is 0 Å². The molecular weight excluding hydrogens is 252 g/mol. The number of hydrogen-bond acceptors (Lipinski definition) is 3. The molecule has 1 aromatic carbocycles. The highest BCUT2D eigenvalue weighted by molar-refractivity contribution is 5.94. The van der Waals surface area contributed by atoms with Crippen LogP contribution in [0.5, 0.6) is 0 Å². The molecule has 1 saturated heterocycles. The van der Waals surface area contributed by atoms with Crippen LogP contribution in [0, 0.1) is 0 Å². The zero-order chi connectivity index (χ0) is 13.8. The van der Waals surface area contributed by atoms with Gasteiger partial charge in [0, 0.05) is 31.0 Å². The van der Waals surface area contributed by atoms with Crippen LogP contribution in [0.3, 0.4) is 0 Å². The molecule has 0 atom stereocenters. The molecule has 3 rings (SSSR count). The third-order valence-electron chi connectivity index (χ3n) is 3.49. The molecule has 1 N–H and O–H groups in total. The van der Waals surface area contributed by atoms with Crippen molar-refractivity contribution < 1.29 is 4.79 Å². The average molecular weight is 270 g/mol. The van der Waals surface area contributed by atoms with Crippen LogP contribution in [0.15, 0.2) is 42.7 Å². The van der Waals surface area contributed by atoms with Crippen molar-refractivity contribution >= 4 is 5.91 Å². The lowest BCUT2D eigenvalue weighted by Gasteiger charge is -2.26. The molecule has 0 saturated carbocycles. The number of amides is 1. The molecule has 1 amide bonds. The fourth-order valence-corrected chi connectivity index (χ4v) is 2.43. The molecule has 20 heavy (non-hydrogen) atoms. The van der Waals surface area contributed by atoms with E-state index in [0.29, 0.717) is 5.56 Å². The van der Waals surface area contributed by atoms with E-state index in [1.807, 2.05) is 41.5 Å². The van der Waals surface area contributed by atoms with Gasteiger partial charge >= 0.3 is 0 Å². The lowest BCUT2D eigenvalue weighted by Crippen LogP contribution is -2.45. The molecule has 0 radical (unpaired) electrons. The van der Waals surface area contributed by atoms with Crippen molar-refractivity contribution in [3.8, 4) is 5.69 Å². The van der Waals surface area contributed by atoms with Gasteiger partial charge in [-0.1, -0.05) is 12.5 Å². The van der Waals surface area contributed by atoms with Crippen LogP contribution in [-0.4, -0.2) is 33.8 Å². The molecule has 0 bridgehead atoms. The highest BCUT2D eigenvalue weighted by Gasteiger charge is 2.14. The van der Waals surface area contributed by atoms with Crippen molar-refractivity contribution in [1.29, 1.82) is 0 Å². The van der Waals surface area contributed by atoms with E-state index in [0.717, 1.165) is 31.6 Å². The molecule has 5 heteroatoms. The first kappa shape index (κ1) is 12.9. The summed E-state index contributed by atoms with van der Waals surface area (Å²) < 4.78 is 1.75. The zero-order valence-corrected chi connectivity index (χ0v) is 11.3. The summed E-state index contributed by atoms with van der Waals surface area (Å²) in [4.78, 5) is 12.3. The monoisotopic (exact) mass is 270 g/mol. The predicted molar refractivity (Wildman–Crippen MR) is 76.5 cm³/mol. The van der Waals surface area contributed by atoms with Gasteiger partial charge in [-0.3, -0.25) is 10.2 Å². The summed E-state index contributed by atoms with van der Waals surface area (Å²) in [5.41, 5.74) is 4.52. The predicted octanol–water partition coefficient (Wildman–Crippen LogP) is 2.00. The van der Waals surface area contributed by atoms with Gasteiger partial charge in [0.05, 0.1) is 5.69 Å². The van der Waals surface area contributed by atoms with Crippen LogP contribution in [0.2, 0.25) is 0 Å². The summed E-state index contributed by atoms with van der Waals surface area (Å²) >= 11 is 0. The van der Waals surface area contributed by atoms with Crippen LogP contribution in [0.4, 0.5) is 0 Å². The Bertz CT molecular complexity index is 573. The topological polar surface area (TPSA) is 50.2 Å². The molecular formula is C15H18N4O. The molecule has 5 nitrogen and oxygen atoms in total. The highest BCUT2D eigenvalue weighted by atomic mass is 16.2. The molecule has 0 unspecified atom stereocenters. The summed E-state index contributed by atoms with van der Waals surface area (Å²) in [6, 6.07) is 9.35. The number of rotatable bonds is 3. The van der Waals surface area contributed by atoms with Crippen molar-refractivity contribution in [2.24, 2.45) is 0 Å². The minimum absolute atomic E-state index is 0.0547. The number of benzene rings is 1. The minimum atomic E-state index is -0.0547. The fourth-order valence-electron chi connectivity index (χ4n) is 2.43. The smallest absolute Gasteiger partial charge is 0.265 e. The average Bonchev–Trinajstić information content (AvgIpc) is 3.03. The van der Waals surface area contributed by atoms with Crippen molar-refractivity contribution in [1.82, 2.24) is 20.2 Å². The molecule has 0 aliphatic carbocycles. The maximum atomic E-state index is 12.3. The van der Waals surface area contributed by atoms with Crippen LogP contribution in [0.25, 0.3) is 5.69 Å². The molecule has 1 aromatic heterocycles. The fraction of sp³-hybridized carbons (Fsp3) is 0.333. The third-order valence-corrected chi connectivity index (χ3v) is 3.49. The van der Waals surface area contributed by atoms with E-state index in [2.05, 4.69) is 10.5 Å². The summed E-state index contributed by atoms with van der Waals surface area (Å²) in [5, 5.41) is 6.18. The largest absolute Gasteiger partial charge is 0.285 e. The van der Waals surface area contributed by atoms with Crippen molar-refractivity contribution in [2.45, 2.75) is 19.3 Å². The second-order valence-corrected chi connectivity index (χ2v) is 4.99. The summed E-state index contributed by atoms with van der Waals surface area (Å²) in [7, 11) is 0. The number of carbonyl (C=O) groups excluding carboxylic acids is 1. The highest BCUT2D eigenvalue weighted by Crippen LogP contribution is 2.11. The summed E-state index contributed by atoms with van der Waals surface area (Å²) in [6.45, 7) is 1.87. The van der Waals surface area contributed by atoms with Gasteiger partial charge in [-0.2, -0.15) is 5.10 Å². The number of nitrogens with zero attached hydrogens (tertiary/aromatic N) is 3. The molecule has 1 aliphatic rings. The number of piperidine rings is 1. The van der Waals surface area contributed by atoms with Crippen LogP contribution < -0.4 is 5.43 Å². The molecule has 2 aromatic rings. The van der Waals surface area contributed by atoms with Gasteiger partial charge in [0.15, 0.2) is 0 Å². The normalized spacial score (nSPS) is 16.0. The maximum absolute atomic E-state index is 12.3. The van der Waals surface area contributed by atoms with Gasteiger partial charge in [0.25, 0.3) is 5.91 Å². The van der Waals surface area contributed by atoms with Crippen LogP contribution >= 0.6 is 0 Å². The lowest BCUT2D eigenvalue weighted by molar-refractivity contribution is 0.0750. The Morgan fingerprint density at radius 2 is 2.00 bits per heavy atom. The van der Waals surface area contributed by atoms with Gasteiger partial charge in [-0.15, -0.1) is 0 Å². The number of aromatic nitrogens is 2. The lowest BCUT2D eigenvalue weighted by atomic mass is 10.1.